The first-order valence-electron chi connectivity index (χ1n) is 7.42. The van der Waals surface area contributed by atoms with Gasteiger partial charge in [-0.3, -0.25) is 0 Å². The number of fused-ring (bicyclic) bond motifs is 3. The maximum absolute atomic E-state index is 13.6. The van der Waals surface area contributed by atoms with E-state index in [4.69, 9.17) is 0 Å². The fraction of sp³-hybridized carbons (Fsp3) is 0.294. The van der Waals surface area contributed by atoms with Crippen molar-refractivity contribution in [2.75, 3.05) is 13.1 Å². The number of piperidine rings is 1. The standard InChI is InChI=1S/C17H16F2N2O/c18-10-1-3-14-12(7-10)13-8-11(19)2-4-15(13)21(14)16-5-6-20-9-17(16)22/h1-4,7-8,16-17,20,22H,5-6,9H2/t16-,17?/m1/s1. The van der Waals surface area contributed by atoms with Crippen LogP contribution in [0.15, 0.2) is 36.4 Å². The van der Waals surface area contributed by atoms with E-state index in [1.54, 1.807) is 12.1 Å². The molecule has 1 unspecified atom stereocenters. The third-order valence-electron chi connectivity index (χ3n) is 4.47. The summed E-state index contributed by atoms with van der Waals surface area (Å²) >= 11 is 0. The van der Waals surface area contributed by atoms with Crippen LogP contribution in [0.3, 0.4) is 0 Å². The molecule has 4 rings (SSSR count). The molecule has 114 valence electrons. The Morgan fingerprint density at radius 1 is 1.00 bits per heavy atom. The Hall–Kier alpha value is -1.98. The predicted molar refractivity (Wildman–Crippen MR) is 81.9 cm³/mol. The summed E-state index contributed by atoms with van der Waals surface area (Å²) in [6.45, 7) is 1.33. The number of hydrogen-bond acceptors (Lipinski definition) is 2. The van der Waals surface area contributed by atoms with Crippen molar-refractivity contribution in [3.8, 4) is 0 Å². The van der Waals surface area contributed by atoms with Gasteiger partial charge in [0.1, 0.15) is 11.6 Å². The van der Waals surface area contributed by atoms with E-state index in [2.05, 4.69) is 5.32 Å². The third-order valence-corrected chi connectivity index (χ3v) is 4.47. The maximum Gasteiger partial charge on any atom is 0.123 e. The van der Waals surface area contributed by atoms with Crippen molar-refractivity contribution >= 4 is 21.8 Å². The van der Waals surface area contributed by atoms with Crippen molar-refractivity contribution in [3.63, 3.8) is 0 Å². The van der Waals surface area contributed by atoms with Crippen LogP contribution in [0.4, 0.5) is 8.78 Å². The third kappa shape index (κ3) is 2.01. The summed E-state index contributed by atoms with van der Waals surface area (Å²) in [5.74, 6) is -0.691. The molecule has 1 aliphatic rings. The van der Waals surface area contributed by atoms with Gasteiger partial charge in [-0.15, -0.1) is 0 Å². The zero-order chi connectivity index (χ0) is 15.3. The fourth-order valence-electron chi connectivity index (χ4n) is 3.48. The van der Waals surface area contributed by atoms with Gasteiger partial charge in [0.2, 0.25) is 0 Å². The van der Waals surface area contributed by atoms with Crippen molar-refractivity contribution < 1.29 is 13.9 Å². The normalized spacial score (nSPS) is 22.5. The average molecular weight is 302 g/mol. The molecular formula is C17H16F2N2O. The van der Waals surface area contributed by atoms with Crippen molar-refractivity contribution in [2.24, 2.45) is 0 Å². The molecule has 0 aliphatic carbocycles. The number of aliphatic hydroxyl groups is 1. The highest BCUT2D eigenvalue weighted by molar-refractivity contribution is 6.08. The van der Waals surface area contributed by atoms with Gasteiger partial charge >= 0.3 is 0 Å². The number of aliphatic hydroxyl groups excluding tert-OH is 1. The number of rotatable bonds is 1. The number of halogens is 2. The minimum absolute atomic E-state index is 0.0998. The molecular weight excluding hydrogens is 286 g/mol. The second-order valence-corrected chi connectivity index (χ2v) is 5.82. The van der Waals surface area contributed by atoms with Crippen LogP contribution < -0.4 is 5.32 Å². The van der Waals surface area contributed by atoms with Gasteiger partial charge in [0, 0.05) is 28.4 Å². The summed E-state index contributed by atoms with van der Waals surface area (Å²) < 4.78 is 29.3. The summed E-state index contributed by atoms with van der Waals surface area (Å²) in [5.41, 5.74) is 1.65. The molecule has 1 aliphatic heterocycles. The number of nitrogens with zero attached hydrogens (tertiary/aromatic N) is 1. The second-order valence-electron chi connectivity index (χ2n) is 5.82. The Kier molecular flexibility index (Phi) is 3.13. The van der Waals surface area contributed by atoms with Gasteiger partial charge in [0.05, 0.1) is 12.1 Å². The Morgan fingerprint density at radius 3 is 2.14 bits per heavy atom. The fourth-order valence-corrected chi connectivity index (χ4v) is 3.48. The molecule has 3 nitrogen and oxygen atoms in total. The average Bonchev–Trinajstić information content (AvgIpc) is 2.81. The van der Waals surface area contributed by atoms with Crippen LogP contribution >= 0.6 is 0 Å². The van der Waals surface area contributed by atoms with Crippen LogP contribution in [0, 0.1) is 11.6 Å². The molecule has 1 aromatic heterocycles. The summed E-state index contributed by atoms with van der Waals surface area (Å²) in [5, 5.41) is 14.9. The maximum atomic E-state index is 13.6. The van der Waals surface area contributed by atoms with Crippen LogP contribution in [-0.2, 0) is 0 Å². The summed E-state index contributed by atoms with van der Waals surface area (Å²) in [6, 6.07) is 8.98. The molecule has 5 heteroatoms. The van der Waals surface area contributed by atoms with Gasteiger partial charge < -0.3 is 15.0 Å². The lowest BCUT2D eigenvalue weighted by Crippen LogP contribution is -2.41. The Morgan fingerprint density at radius 2 is 1.59 bits per heavy atom. The van der Waals surface area contributed by atoms with Crippen molar-refractivity contribution in [1.82, 2.24) is 9.88 Å². The van der Waals surface area contributed by atoms with Gasteiger partial charge in [-0.2, -0.15) is 0 Å². The summed E-state index contributed by atoms with van der Waals surface area (Å²) in [6.07, 6.45) is 0.247. The molecule has 0 radical (unpaired) electrons. The first-order valence-corrected chi connectivity index (χ1v) is 7.42. The number of hydrogen-bond donors (Lipinski definition) is 2. The van der Waals surface area contributed by atoms with Crippen LogP contribution in [0.5, 0.6) is 0 Å². The van der Waals surface area contributed by atoms with E-state index in [1.165, 1.54) is 24.3 Å². The first-order chi connectivity index (χ1) is 10.6. The van der Waals surface area contributed by atoms with Crippen LogP contribution in [-0.4, -0.2) is 28.9 Å². The number of aromatic nitrogens is 1. The number of nitrogens with one attached hydrogen (secondary N) is 1. The highest BCUT2D eigenvalue weighted by Gasteiger charge is 2.27. The smallest absolute Gasteiger partial charge is 0.123 e. The van der Waals surface area contributed by atoms with Crippen molar-refractivity contribution in [1.29, 1.82) is 0 Å². The minimum Gasteiger partial charge on any atom is -0.390 e. The zero-order valence-electron chi connectivity index (χ0n) is 11.9. The van der Waals surface area contributed by atoms with Crippen molar-refractivity contribution in [2.45, 2.75) is 18.6 Å². The van der Waals surface area contributed by atoms with E-state index in [0.29, 0.717) is 17.3 Å². The van der Waals surface area contributed by atoms with Gasteiger partial charge in [-0.1, -0.05) is 0 Å². The molecule has 0 spiro atoms. The zero-order valence-corrected chi connectivity index (χ0v) is 11.9. The topological polar surface area (TPSA) is 37.2 Å². The van der Waals surface area contributed by atoms with E-state index in [1.807, 2.05) is 4.57 Å². The molecule has 1 fully saturated rings. The quantitative estimate of drug-likeness (QED) is 0.725. The Bertz CT molecular complexity index is 799. The van der Waals surface area contributed by atoms with Crippen LogP contribution in [0.25, 0.3) is 21.8 Å². The lowest BCUT2D eigenvalue weighted by Gasteiger charge is -2.31. The highest BCUT2D eigenvalue weighted by atomic mass is 19.1. The molecule has 0 amide bonds. The summed E-state index contributed by atoms with van der Waals surface area (Å²) in [4.78, 5) is 0. The SMILES string of the molecule is OC1CNCC[C@H]1n1c2ccc(F)cc2c2cc(F)ccc21. The number of benzene rings is 2. The molecule has 2 aromatic carbocycles. The Labute approximate surface area is 126 Å². The lowest BCUT2D eigenvalue weighted by atomic mass is 10.0. The van der Waals surface area contributed by atoms with E-state index < -0.39 is 6.10 Å². The van der Waals surface area contributed by atoms with Gasteiger partial charge in [-0.25, -0.2) is 8.78 Å². The van der Waals surface area contributed by atoms with E-state index >= 15 is 0 Å². The predicted octanol–water partition coefficient (Wildman–Crippen LogP) is 2.97. The van der Waals surface area contributed by atoms with Crippen molar-refractivity contribution in [3.05, 3.63) is 48.0 Å². The van der Waals surface area contributed by atoms with E-state index in [-0.39, 0.29) is 17.7 Å². The van der Waals surface area contributed by atoms with Gasteiger partial charge in [-0.05, 0) is 49.4 Å². The molecule has 2 atom stereocenters. The lowest BCUT2D eigenvalue weighted by molar-refractivity contribution is 0.0913. The summed E-state index contributed by atoms with van der Waals surface area (Å²) in [7, 11) is 0. The highest BCUT2D eigenvalue weighted by Crippen LogP contribution is 2.35. The molecule has 2 N–H and O–H groups in total. The van der Waals surface area contributed by atoms with Gasteiger partial charge in [0.15, 0.2) is 0 Å². The monoisotopic (exact) mass is 302 g/mol. The molecule has 22 heavy (non-hydrogen) atoms. The van der Waals surface area contributed by atoms with E-state index in [9.17, 15) is 13.9 Å². The van der Waals surface area contributed by atoms with Crippen LogP contribution in [0.1, 0.15) is 12.5 Å². The van der Waals surface area contributed by atoms with E-state index in [0.717, 1.165) is 24.0 Å². The Balaban J connectivity index is 2.06. The van der Waals surface area contributed by atoms with Gasteiger partial charge in [0.25, 0.3) is 0 Å². The molecule has 2 heterocycles. The second kappa shape index (κ2) is 5.04. The van der Waals surface area contributed by atoms with Crippen LogP contribution in [0.2, 0.25) is 0 Å². The molecule has 3 aromatic rings. The number of β-amino-alcohol motifs (C(OH)–C–C–N with tert-alkyl or cyclic N) is 1. The molecule has 0 bridgehead atoms. The minimum atomic E-state index is -0.525. The molecule has 1 saturated heterocycles. The molecule has 0 saturated carbocycles. The first kappa shape index (κ1) is 13.7. The largest absolute Gasteiger partial charge is 0.390 e.